The van der Waals surface area contributed by atoms with Crippen molar-refractivity contribution in [2.75, 3.05) is 13.2 Å². The molecule has 1 aliphatic heterocycles. The van der Waals surface area contributed by atoms with E-state index in [1.54, 1.807) is 0 Å². The molecule has 0 aliphatic carbocycles. The summed E-state index contributed by atoms with van der Waals surface area (Å²) in [4.78, 5) is 10.6. The Balaban J connectivity index is 2.28. The minimum Gasteiger partial charge on any atom is -0.391 e. The van der Waals surface area contributed by atoms with Gasteiger partial charge in [0.2, 0.25) is 5.91 Å². The molecule has 0 radical (unpaired) electrons. The fourth-order valence-electron chi connectivity index (χ4n) is 1.20. The summed E-state index contributed by atoms with van der Waals surface area (Å²) < 4.78 is 5.03. The number of aliphatic hydroxyl groups is 1. The summed E-state index contributed by atoms with van der Waals surface area (Å²) >= 11 is 0. The Morgan fingerprint density at radius 1 is 1.64 bits per heavy atom. The number of carbonyl (C=O) groups excluding carboxylic acids is 1. The molecular formula is C7H13NO3. The van der Waals surface area contributed by atoms with Crippen molar-refractivity contribution in [3.63, 3.8) is 0 Å². The predicted octanol–water partition coefficient (Wildman–Crippen LogP) is -0.728. The molecule has 0 bridgehead atoms. The van der Waals surface area contributed by atoms with Gasteiger partial charge >= 0.3 is 0 Å². The van der Waals surface area contributed by atoms with E-state index in [0.29, 0.717) is 19.6 Å². The monoisotopic (exact) mass is 159 g/mol. The number of aliphatic hydroxyl groups excluding tert-OH is 1. The average Bonchev–Trinajstić information content (AvgIpc) is 1.85. The lowest BCUT2D eigenvalue weighted by molar-refractivity contribution is -0.121. The Hall–Kier alpha value is -0.610. The van der Waals surface area contributed by atoms with E-state index in [1.165, 1.54) is 6.92 Å². The second-order valence-corrected chi connectivity index (χ2v) is 2.82. The molecule has 0 aromatic rings. The highest BCUT2D eigenvalue weighted by Crippen LogP contribution is 2.06. The van der Waals surface area contributed by atoms with Crippen LogP contribution in [-0.2, 0) is 9.53 Å². The molecule has 1 amide bonds. The van der Waals surface area contributed by atoms with Crippen molar-refractivity contribution in [2.45, 2.75) is 25.5 Å². The minimum atomic E-state index is -0.430. The van der Waals surface area contributed by atoms with Gasteiger partial charge in [-0.1, -0.05) is 0 Å². The first-order valence-electron chi connectivity index (χ1n) is 3.71. The topological polar surface area (TPSA) is 58.6 Å². The number of carbonyl (C=O) groups is 1. The molecule has 11 heavy (non-hydrogen) atoms. The van der Waals surface area contributed by atoms with Gasteiger partial charge in [0.15, 0.2) is 0 Å². The summed E-state index contributed by atoms with van der Waals surface area (Å²) in [7, 11) is 0. The molecule has 0 aromatic carbocycles. The molecular weight excluding hydrogens is 146 g/mol. The maximum absolute atomic E-state index is 10.6. The maximum Gasteiger partial charge on any atom is 0.217 e. The van der Waals surface area contributed by atoms with Crippen LogP contribution in [-0.4, -0.2) is 36.4 Å². The molecule has 1 saturated heterocycles. The van der Waals surface area contributed by atoms with Crippen molar-refractivity contribution in [3.05, 3.63) is 0 Å². The molecule has 4 heteroatoms. The number of nitrogens with one attached hydrogen (secondary N) is 1. The Bertz CT molecular complexity index is 149. The molecule has 2 N–H and O–H groups in total. The van der Waals surface area contributed by atoms with Crippen LogP contribution in [0.4, 0.5) is 0 Å². The van der Waals surface area contributed by atoms with E-state index in [1.807, 2.05) is 0 Å². The van der Waals surface area contributed by atoms with Crippen LogP contribution in [0.25, 0.3) is 0 Å². The summed E-state index contributed by atoms with van der Waals surface area (Å²) in [5.74, 6) is -0.0762. The zero-order valence-electron chi connectivity index (χ0n) is 6.54. The maximum atomic E-state index is 10.6. The quantitative estimate of drug-likeness (QED) is 0.530. The lowest BCUT2D eigenvalue weighted by Crippen LogP contribution is -2.44. The molecule has 0 unspecified atom stereocenters. The molecule has 1 aliphatic rings. The second-order valence-electron chi connectivity index (χ2n) is 2.82. The molecule has 1 rings (SSSR count). The van der Waals surface area contributed by atoms with Gasteiger partial charge in [0.05, 0.1) is 25.4 Å². The smallest absolute Gasteiger partial charge is 0.217 e. The fraction of sp³-hybridized carbons (Fsp3) is 0.857. The Labute approximate surface area is 65.5 Å². The highest BCUT2D eigenvalue weighted by atomic mass is 16.5. The van der Waals surface area contributed by atoms with Crippen molar-refractivity contribution in [3.8, 4) is 0 Å². The van der Waals surface area contributed by atoms with Gasteiger partial charge in [0, 0.05) is 6.92 Å². The fourth-order valence-corrected chi connectivity index (χ4v) is 1.20. The number of ether oxygens (including phenoxy) is 1. The highest BCUT2D eigenvalue weighted by molar-refractivity contribution is 5.73. The predicted molar refractivity (Wildman–Crippen MR) is 39.0 cm³/mol. The summed E-state index contributed by atoms with van der Waals surface area (Å²) in [5.41, 5.74) is 0. The highest BCUT2D eigenvalue weighted by Gasteiger charge is 2.20. The van der Waals surface area contributed by atoms with E-state index in [-0.39, 0.29) is 11.9 Å². The molecule has 0 spiro atoms. The first-order chi connectivity index (χ1) is 5.18. The average molecular weight is 159 g/mol. The minimum absolute atomic E-state index is 0.0174. The van der Waals surface area contributed by atoms with Crippen LogP contribution in [0.15, 0.2) is 0 Å². The zero-order chi connectivity index (χ0) is 8.27. The van der Waals surface area contributed by atoms with E-state index in [2.05, 4.69) is 5.32 Å². The molecule has 4 nitrogen and oxygen atoms in total. The van der Waals surface area contributed by atoms with Gasteiger partial charge in [-0.3, -0.25) is 4.79 Å². The SMILES string of the molecule is CC(=O)N[C@H]1COC[C@@H](O)C1. The second kappa shape index (κ2) is 3.69. The van der Waals surface area contributed by atoms with Gasteiger partial charge in [-0.05, 0) is 6.42 Å². The summed E-state index contributed by atoms with van der Waals surface area (Å²) in [6, 6.07) is -0.0174. The van der Waals surface area contributed by atoms with Gasteiger partial charge in [-0.2, -0.15) is 0 Å². The summed E-state index contributed by atoms with van der Waals surface area (Å²) in [6.45, 7) is 2.35. The molecule has 0 aromatic heterocycles. The number of hydrogen-bond donors (Lipinski definition) is 2. The van der Waals surface area contributed by atoms with E-state index >= 15 is 0 Å². The zero-order valence-corrected chi connectivity index (χ0v) is 6.54. The van der Waals surface area contributed by atoms with Crippen LogP contribution in [0.3, 0.4) is 0 Å². The number of rotatable bonds is 1. The third-order valence-corrected chi connectivity index (χ3v) is 1.59. The van der Waals surface area contributed by atoms with Crippen LogP contribution in [0.5, 0.6) is 0 Å². The summed E-state index contributed by atoms with van der Waals surface area (Å²) in [6.07, 6.45) is 0.167. The molecule has 0 saturated carbocycles. The number of hydrogen-bond acceptors (Lipinski definition) is 3. The Kier molecular flexibility index (Phi) is 2.84. The molecule has 1 fully saturated rings. The van der Waals surface area contributed by atoms with Gasteiger partial charge in [0.1, 0.15) is 0 Å². The molecule has 64 valence electrons. The van der Waals surface area contributed by atoms with Gasteiger partial charge in [-0.25, -0.2) is 0 Å². The number of amides is 1. The van der Waals surface area contributed by atoms with Crippen molar-refractivity contribution >= 4 is 5.91 Å². The largest absolute Gasteiger partial charge is 0.391 e. The Morgan fingerprint density at radius 2 is 2.36 bits per heavy atom. The first-order valence-corrected chi connectivity index (χ1v) is 3.71. The Morgan fingerprint density at radius 3 is 2.91 bits per heavy atom. The van der Waals surface area contributed by atoms with Crippen LogP contribution in [0, 0.1) is 0 Å². The van der Waals surface area contributed by atoms with Gasteiger partial charge in [-0.15, -0.1) is 0 Å². The van der Waals surface area contributed by atoms with E-state index in [9.17, 15) is 4.79 Å². The van der Waals surface area contributed by atoms with Crippen LogP contribution >= 0.6 is 0 Å². The lowest BCUT2D eigenvalue weighted by Gasteiger charge is -2.26. The van der Waals surface area contributed by atoms with Crippen molar-refractivity contribution in [2.24, 2.45) is 0 Å². The summed E-state index contributed by atoms with van der Waals surface area (Å²) in [5, 5.41) is 11.8. The molecule has 2 atom stereocenters. The van der Waals surface area contributed by atoms with Crippen molar-refractivity contribution in [1.82, 2.24) is 5.32 Å². The van der Waals surface area contributed by atoms with Gasteiger partial charge in [0.25, 0.3) is 0 Å². The van der Waals surface area contributed by atoms with E-state index in [0.717, 1.165) is 0 Å². The lowest BCUT2D eigenvalue weighted by atomic mass is 10.1. The van der Waals surface area contributed by atoms with E-state index in [4.69, 9.17) is 9.84 Å². The van der Waals surface area contributed by atoms with Crippen LogP contribution < -0.4 is 5.32 Å². The van der Waals surface area contributed by atoms with E-state index < -0.39 is 6.10 Å². The van der Waals surface area contributed by atoms with Crippen molar-refractivity contribution < 1.29 is 14.6 Å². The van der Waals surface area contributed by atoms with Crippen LogP contribution in [0.2, 0.25) is 0 Å². The normalized spacial score (nSPS) is 31.5. The molecule has 1 heterocycles. The van der Waals surface area contributed by atoms with Crippen molar-refractivity contribution in [1.29, 1.82) is 0 Å². The standard InChI is InChI=1S/C7H13NO3/c1-5(9)8-6-2-7(10)4-11-3-6/h6-7,10H,2-4H2,1H3,(H,8,9)/t6-,7+/m1/s1. The van der Waals surface area contributed by atoms with Crippen LogP contribution in [0.1, 0.15) is 13.3 Å². The third-order valence-electron chi connectivity index (χ3n) is 1.59. The van der Waals surface area contributed by atoms with Gasteiger partial charge < -0.3 is 15.2 Å². The third kappa shape index (κ3) is 2.86. The first kappa shape index (κ1) is 8.49.